The molecule has 14 heavy (non-hydrogen) atoms. The fourth-order valence-corrected chi connectivity index (χ4v) is 2.04. The van der Waals surface area contributed by atoms with Gasteiger partial charge < -0.3 is 4.52 Å². The maximum absolute atomic E-state index is 5.79. The minimum absolute atomic E-state index is 0.449. The van der Waals surface area contributed by atoms with Gasteiger partial charge in [0.25, 0.3) is 0 Å². The molecule has 0 aromatic carbocycles. The fraction of sp³-hybridized carbons (Fsp3) is 0.700. The molecule has 0 bridgehead atoms. The van der Waals surface area contributed by atoms with Gasteiger partial charge in [-0.2, -0.15) is 0 Å². The van der Waals surface area contributed by atoms with Crippen molar-refractivity contribution in [2.45, 2.75) is 38.7 Å². The summed E-state index contributed by atoms with van der Waals surface area (Å²) in [5, 5.41) is 3.98. The molecule has 1 aromatic rings. The lowest BCUT2D eigenvalue weighted by molar-refractivity contribution is 0.192. The molecule has 0 saturated carbocycles. The number of fused-ring (bicyclic) bond motifs is 1. The fourth-order valence-electron chi connectivity index (χ4n) is 1.83. The first-order valence-electron chi connectivity index (χ1n) is 4.98. The van der Waals surface area contributed by atoms with Crippen LogP contribution in [-0.2, 0) is 18.8 Å². The second-order valence-electron chi connectivity index (χ2n) is 3.98. The van der Waals surface area contributed by atoms with Crippen LogP contribution in [0.1, 0.15) is 30.9 Å². The van der Waals surface area contributed by atoms with Gasteiger partial charge in [-0.1, -0.05) is 5.16 Å². The minimum Gasteiger partial charge on any atom is -0.361 e. The normalized spacial score (nSPS) is 17.4. The largest absolute Gasteiger partial charge is 0.361 e. The van der Waals surface area contributed by atoms with Crippen LogP contribution in [0.2, 0.25) is 0 Å². The molecule has 1 aromatic heterocycles. The van der Waals surface area contributed by atoms with E-state index >= 15 is 0 Å². The Kier molecular flexibility index (Phi) is 2.79. The molecule has 0 N–H and O–H groups in total. The van der Waals surface area contributed by atoms with Gasteiger partial charge in [-0.3, -0.25) is 4.90 Å². The number of hydrogen-bond donors (Lipinski definition) is 0. The van der Waals surface area contributed by atoms with Crippen molar-refractivity contribution in [1.29, 1.82) is 0 Å². The number of hydrogen-bond acceptors (Lipinski definition) is 3. The van der Waals surface area contributed by atoms with Gasteiger partial charge in [0.1, 0.15) is 11.5 Å². The van der Waals surface area contributed by atoms with Gasteiger partial charge in [0.05, 0.1) is 5.88 Å². The molecule has 0 unspecified atom stereocenters. The van der Waals surface area contributed by atoms with Crippen LogP contribution in [0, 0.1) is 0 Å². The first-order valence-corrected chi connectivity index (χ1v) is 5.52. The summed E-state index contributed by atoms with van der Waals surface area (Å²) < 4.78 is 5.24. The summed E-state index contributed by atoms with van der Waals surface area (Å²) in [6, 6.07) is 0.571. The van der Waals surface area contributed by atoms with Crippen molar-refractivity contribution in [1.82, 2.24) is 10.1 Å². The van der Waals surface area contributed by atoms with Gasteiger partial charge >= 0.3 is 0 Å². The number of alkyl halides is 1. The molecule has 0 radical (unpaired) electrons. The molecular weight excluding hydrogens is 200 g/mol. The Morgan fingerprint density at radius 1 is 1.57 bits per heavy atom. The second-order valence-corrected chi connectivity index (χ2v) is 4.25. The van der Waals surface area contributed by atoms with Crippen molar-refractivity contribution in [2.75, 3.05) is 6.54 Å². The SMILES string of the molecule is CC(C)N1CCc2onc(CCl)c2C1. The number of aromatic nitrogens is 1. The average Bonchev–Trinajstić information content (AvgIpc) is 2.59. The molecule has 1 aliphatic heterocycles. The Bertz CT molecular complexity index is 308. The van der Waals surface area contributed by atoms with Gasteiger partial charge in [-0.15, -0.1) is 11.6 Å². The highest BCUT2D eigenvalue weighted by Gasteiger charge is 2.24. The Balaban J connectivity index is 2.23. The molecule has 2 rings (SSSR count). The monoisotopic (exact) mass is 214 g/mol. The molecule has 0 spiro atoms. The van der Waals surface area contributed by atoms with E-state index in [9.17, 15) is 0 Å². The van der Waals surface area contributed by atoms with E-state index in [1.165, 1.54) is 5.56 Å². The summed E-state index contributed by atoms with van der Waals surface area (Å²) in [6.45, 7) is 6.40. The van der Waals surface area contributed by atoms with E-state index < -0.39 is 0 Å². The molecule has 0 atom stereocenters. The summed E-state index contributed by atoms with van der Waals surface area (Å²) in [6.07, 6.45) is 0.956. The molecule has 0 aliphatic carbocycles. The number of nitrogens with zero attached hydrogens (tertiary/aromatic N) is 2. The maximum atomic E-state index is 5.79. The highest BCUT2D eigenvalue weighted by Crippen LogP contribution is 2.24. The van der Waals surface area contributed by atoms with Crippen molar-refractivity contribution >= 4 is 11.6 Å². The molecule has 3 nitrogen and oxygen atoms in total. The molecule has 0 saturated heterocycles. The summed E-state index contributed by atoms with van der Waals surface area (Å²) in [7, 11) is 0. The van der Waals surface area contributed by atoms with Gasteiger partial charge in [0.2, 0.25) is 0 Å². The van der Waals surface area contributed by atoms with E-state index in [0.29, 0.717) is 11.9 Å². The lowest BCUT2D eigenvalue weighted by Gasteiger charge is -2.29. The van der Waals surface area contributed by atoms with Gasteiger partial charge in [-0.25, -0.2) is 0 Å². The molecule has 2 heterocycles. The molecule has 1 aliphatic rings. The van der Waals surface area contributed by atoms with E-state index in [-0.39, 0.29) is 0 Å². The van der Waals surface area contributed by atoms with E-state index in [4.69, 9.17) is 16.1 Å². The molecule has 78 valence electrons. The van der Waals surface area contributed by atoms with E-state index in [0.717, 1.165) is 31.0 Å². The van der Waals surface area contributed by atoms with Crippen molar-refractivity contribution in [3.05, 3.63) is 17.0 Å². The first-order chi connectivity index (χ1) is 6.72. The number of rotatable bonds is 2. The van der Waals surface area contributed by atoms with Crippen molar-refractivity contribution in [2.24, 2.45) is 0 Å². The van der Waals surface area contributed by atoms with Gasteiger partial charge in [0.15, 0.2) is 0 Å². The Hall–Kier alpha value is -0.540. The quantitative estimate of drug-likeness (QED) is 0.707. The Labute approximate surface area is 89.0 Å². The van der Waals surface area contributed by atoms with Crippen LogP contribution in [0.25, 0.3) is 0 Å². The lowest BCUT2D eigenvalue weighted by atomic mass is 10.1. The highest BCUT2D eigenvalue weighted by atomic mass is 35.5. The standard InChI is InChI=1S/C10H15ClN2O/c1-7(2)13-4-3-10-8(6-13)9(5-11)12-14-10/h7H,3-6H2,1-2H3. The summed E-state index contributed by atoms with van der Waals surface area (Å²) in [5.41, 5.74) is 2.12. The van der Waals surface area contributed by atoms with Crippen LogP contribution in [-0.4, -0.2) is 22.6 Å². The van der Waals surface area contributed by atoms with Gasteiger partial charge in [-0.05, 0) is 13.8 Å². The van der Waals surface area contributed by atoms with Crippen LogP contribution in [0.3, 0.4) is 0 Å². The van der Waals surface area contributed by atoms with Crippen LogP contribution >= 0.6 is 11.6 Å². The third-order valence-electron chi connectivity index (χ3n) is 2.80. The molecule has 4 heteroatoms. The maximum Gasteiger partial charge on any atom is 0.142 e. The average molecular weight is 215 g/mol. The molecule has 0 fully saturated rings. The summed E-state index contributed by atoms with van der Waals surface area (Å²) in [4.78, 5) is 2.41. The van der Waals surface area contributed by atoms with Crippen LogP contribution in [0.4, 0.5) is 0 Å². The Morgan fingerprint density at radius 3 is 3.00 bits per heavy atom. The highest BCUT2D eigenvalue weighted by molar-refractivity contribution is 6.17. The predicted molar refractivity (Wildman–Crippen MR) is 55.3 cm³/mol. The summed E-state index contributed by atoms with van der Waals surface area (Å²) in [5.74, 6) is 1.47. The Morgan fingerprint density at radius 2 is 2.36 bits per heavy atom. The second kappa shape index (κ2) is 3.91. The summed E-state index contributed by atoms with van der Waals surface area (Å²) >= 11 is 5.79. The van der Waals surface area contributed by atoms with E-state index in [1.54, 1.807) is 0 Å². The lowest BCUT2D eigenvalue weighted by Crippen LogP contribution is -2.35. The van der Waals surface area contributed by atoms with Crippen LogP contribution < -0.4 is 0 Å². The zero-order valence-corrected chi connectivity index (χ0v) is 9.34. The van der Waals surface area contributed by atoms with Crippen molar-refractivity contribution in [3.8, 4) is 0 Å². The predicted octanol–water partition coefficient (Wildman–Crippen LogP) is 2.18. The third-order valence-corrected chi connectivity index (χ3v) is 3.05. The van der Waals surface area contributed by atoms with Crippen molar-refractivity contribution < 1.29 is 4.52 Å². The third kappa shape index (κ3) is 1.66. The van der Waals surface area contributed by atoms with Crippen molar-refractivity contribution in [3.63, 3.8) is 0 Å². The zero-order valence-electron chi connectivity index (χ0n) is 8.59. The smallest absolute Gasteiger partial charge is 0.142 e. The first kappa shape index (κ1) is 9.99. The van der Waals surface area contributed by atoms with E-state index in [1.807, 2.05) is 0 Å². The van der Waals surface area contributed by atoms with Crippen LogP contribution in [0.15, 0.2) is 4.52 Å². The van der Waals surface area contributed by atoms with Gasteiger partial charge in [0, 0.05) is 31.1 Å². The minimum atomic E-state index is 0.449. The topological polar surface area (TPSA) is 29.3 Å². The van der Waals surface area contributed by atoms with E-state index in [2.05, 4.69) is 23.9 Å². The zero-order chi connectivity index (χ0) is 10.1. The molecule has 0 amide bonds. The van der Waals surface area contributed by atoms with Crippen LogP contribution in [0.5, 0.6) is 0 Å². The molecular formula is C10H15ClN2O. The number of halogens is 1.